The molecular weight excluding hydrogens is 293 g/mol. The third-order valence-electron chi connectivity index (χ3n) is 2.88. The molecule has 0 saturated carbocycles. The van der Waals surface area contributed by atoms with Crippen LogP contribution in [0.3, 0.4) is 0 Å². The fourth-order valence-electron chi connectivity index (χ4n) is 1.83. The average Bonchev–Trinajstić information content (AvgIpc) is 2.34. The van der Waals surface area contributed by atoms with Crippen LogP contribution in [-0.4, -0.2) is 47.6 Å². The molecule has 0 aliphatic carbocycles. The number of aliphatic hydroxyl groups is 2. The van der Waals surface area contributed by atoms with Crippen molar-refractivity contribution in [2.75, 3.05) is 13.2 Å². The summed E-state index contributed by atoms with van der Waals surface area (Å²) >= 11 is 11.7. The Morgan fingerprint density at radius 2 is 2.05 bits per heavy atom. The van der Waals surface area contributed by atoms with Crippen LogP contribution in [0, 0.1) is 0 Å². The summed E-state index contributed by atoms with van der Waals surface area (Å²) in [5, 5.41) is 22.4. The highest BCUT2D eigenvalue weighted by atomic mass is 35.5. The molecule has 1 saturated heterocycles. The van der Waals surface area contributed by atoms with E-state index in [0.29, 0.717) is 5.02 Å². The van der Waals surface area contributed by atoms with E-state index in [1.54, 1.807) is 6.07 Å². The first kappa shape index (κ1) is 14.6. The predicted molar refractivity (Wildman–Crippen MR) is 70.5 cm³/mol. The number of carbonyl (C=O) groups is 1. The number of rotatable bonds is 2. The zero-order valence-corrected chi connectivity index (χ0v) is 11.4. The number of hydrogen-bond acceptors (Lipinski definition) is 4. The maximum absolute atomic E-state index is 12.0. The van der Waals surface area contributed by atoms with E-state index >= 15 is 0 Å². The number of hydrogen-bond donors (Lipinski definition) is 3. The van der Waals surface area contributed by atoms with Gasteiger partial charge in [0.05, 0.1) is 29.8 Å². The standard InChI is InChI=1S/C12H13Cl2NO4/c13-6-1-2-7(8(14)3-6)12(18)15-9-4-19-5-10(16)11(9)17/h1-3,9-11,16-17H,4-5H2,(H,15,18)/t9-,10-,11+/m1/s1. The normalized spacial score (nSPS) is 27.1. The van der Waals surface area contributed by atoms with Crippen molar-refractivity contribution in [3.05, 3.63) is 33.8 Å². The minimum Gasteiger partial charge on any atom is -0.388 e. The Morgan fingerprint density at radius 1 is 1.32 bits per heavy atom. The third kappa shape index (κ3) is 3.38. The van der Waals surface area contributed by atoms with Gasteiger partial charge < -0.3 is 20.3 Å². The van der Waals surface area contributed by atoms with E-state index in [1.807, 2.05) is 0 Å². The van der Waals surface area contributed by atoms with Crippen molar-refractivity contribution in [3.8, 4) is 0 Å². The molecule has 3 N–H and O–H groups in total. The molecule has 7 heteroatoms. The lowest BCUT2D eigenvalue weighted by atomic mass is 10.0. The molecule has 0 unspecified atom stereocenters. The lowest BCUT2D eigenvalue weighted by Crippen LogP contribution is -2.55. The zero-order chi connectivity index (χ0) is 14.0. The topological polar surface area (TPSA) is 78.8 Å². The van der Waals surface area contributed by atoms with Gasteiger partial charge in [0.2, 0.25) is 0 Å². The second-order valence-electron chi connectivity index (χ2n) is 4.30. The van der Waals surface area contributed by atoms with E-state index in [-0.39, 0.29) is 23.8 Å². The molecule has 2 rings (SSSR count). The largest absolute Gasteiger partial charge is 0.388 e. The van der Waals surface area contributed by atoms with Crippen molar-refractivity contribution in [1.82, 2.24) is 5.32 Å². The Hall–Kier alpha value is -0.850. The lowest BCUT2D eigenvalue weighted by molar-refractivity contribution is -0.102. The maximum atomic E-state index is 12.0. The van der Waals surface area contributed by atoms with E-state index < -0.39 is 24.2 Å². The van der Waals surface area contributed by atoms with Crippen LogP contribution in [0.5, 0.6) is 0 Å². The number of halogens is 2. The summed E-state index contributed by atoms with van der Waals surface area (Å²) in [5.74, 6) is -0.455. The third-order valence-corrected chi connectivity index (χ3v) is 3.43. The number of carbonyl (C=O) groups excluding carboxylic acids is 1. The van der Waals surface area contributed by atoms with E-state index in [9.17, 15) is 15.0 Å². The Bertz CT molecular complexity index is 483. The van der Waals surface area contributed by atoms with Gasteiger partial charge in [-0.25, -0.2) is 0 Å². The van der Waals surface area contributed by atoms with Gasteiger partial charge in [0.15, 0.2) is 0 Å². The van der Waals surface area contributed by atoms with Gasteiger partial charge in [-0.05, 0) is 18.2 Å². The first-order valence-corrected chi connectivity index (χ1v) is 6.44. The van der Waals surface area contributed by atoms with Crippen LogP contribution < -0.4 is 5.32 Å². The average molecular weight is 306 g/mol. The zero-order valence-electron chi connectivity index (χ0n) is 9.85. The summed E-state index contributed by atoms with van der Waals surface area (Å²) in [6.45, 7) is 0.185. The molecule has 1 heterocycles. The highest BCUT2D eigenvalue weighted by Crippen LogP contribution is 2.21. The van der Waals surface area contributed by atoms with Crippen LogP contribution in [0.1, 0.15) is 10.4 Å². The van der Waals surface area contributed by atoms with Gasteiger partial charge >= 0.3 is 0 Å². The monoisotopic (exact) mass is 305 g/mol. The summed E-state index contributed by atoms with van der Waals surface area (Å²) in [6.07, 6.45) is -2.08. The molecule has 5 nitrogen and oxygen atoms in total. The van der Waals surface area contributed by atoms with Crippen LogP contribution in [0.25, 0.3) is 0 Å². The SMILES string of the molecule is O=C(N[C@@H]1COC[C@@H](O)[C@H]1O)c1ccc(Cl)cc1Cl. The summed E-state index contributed by atoms with van der Waals surface area (Å²) in [7, 11) is 0. The van der Waals surface area contributed by atoms with Crippen molar-refractivity contribution in [3.63, 3.8) is 0 Å². The summed E-state index contributed by atoms with van der Waals surface area (Å²) < 4.78 is 5.07. The second kappa shape index (κ2) is 6.07. The van der Waals surface area contributed by atoms with Crippen LogP contribution in [0.2, 0.25) is 10.0 Å². The number of aliphatic hydroxyl groups excluding tert-OH is 2. The molecular formula is C12H13Cl2NO4. The van der Waals surface area contributed by atoms with E-state index in [2.05, 4.69) is 5.32 Å². The van der Waals surface area contributed by atoms with Gasteiger partial charge in [0.1, 0.15) is 12.2 Å². The van der Waals surface area contributed by atoms with Crippen LogP contribution in [0.4, 0.5) is 0 Å². The van der Waals surface area contributed by atoms with E-state index in [0.717, 1.165) is 0 Å². The molecule has 104 valence electrons. The van der Waals surface area contributed by atoms with Gasteiger partial charge in [0, 0.05) is 5.02 Å². The molecule has 1 aromatic rings. The van der Waals surface area contributed by atoms with Crippen molar-refractivity contribution < 1.29 is 19.7 Å². The highest BCUT2D eigenvalue weighted by molar-refractivity contribution is 6.36. The highest BCUT2D eigenvalue weighted by Gasteiger charge is 2.32. The molecule has 3 atom stereocenters. The quantitative estimate of drug-likeness (QED) is 0.757. The predicted octanol–water partition coefficient (Wildman–Crippen LogP) is 0.844. The minimum atomic E-state index is -1.07. The number of nitrogens with one attached hydrogen (secondary N) is 1. The van der Waals surface area contributed by atoms with Crippen LogP contribution in [-0.2, 0) is 4.74 Å². The molecule has 1 fully saturated rings. The lowest BCUT2D eigenvalue weighted by Gasteiger charge is -2.32. The molecule has 1 amide bonds. The number of amides is 1. The summed E-state index contributed by atoms with van der Waals surface area (Å²) in [4.78, 5) is 12.0. The molecule has 0 radical (unpaired) electrons. The van der Waals surface area contributed by atoms with Crippen molar-refractivity contribution >= 4 is 29.1 Å². The van der Waals surface area contributed by atoms with Crippen LogP contribution >= 0.6 is 23.2 Å². The number of benzene rings is 1. The van der Waals surface area contributed by atoms with Gasteiger partial charge in [-0.2, -0.15) is 0 Å². The first-order valence-electron chi connectivity index (χ1n) is 5.69. The van der Waals surface area contributed by atoms with Gasteiger partial charge in [0.25, 0.3) is 5.91 Å². The second-order valence-corrected chi connectivity index (χ2v) is 5.14. The molecule has 1 aromatic carbocycles. The Morgan fingerprint density at radius 3 is 2.74 bits per heavy atom. The van der Waals surface area contributed by atoms with Crippen molar-refractivity contribution in [1.29, 1.82) is 0 Å². The van der Waals surface area contributed by atoms with Crippen molar-refractivity contribution in [2.45, 2.75) is 18.2 Å². The molecule has 1 aliphatic heterocycles. The Labute approximate surface area is 120 Å². The Kier molecular flexibility index (Phi) is 4.65. The molecule has 0 bridgehead atoms. The maximum Gasteiger partial charge on any atom is 0.253 e. The summed E-state index contributed by atoms with van der Waals surface area (Å²) in [6, 6.07) is 3.82. The van der Waals surface area contributed by atoms with Gasteiger partial charge in [-0.1, -0.05) is 23.2 Å². The van der Waals surface area contributed by atoms with E-state index in [1.165, 1.54) is 12.1 Å². The molecule has 0 spiro atoms. The van der Waals surface area contributed by atoms with E-state index in [4.69, 9.17) is 27.9 Å². The number of ether oxygens (including phenoxy) is 1. The molecule has 19 heavy (non-hydrogen) atoms. The Balaban J connectivity index is 2.08. The summed E-state index contributed by atoms with van der Waals surface area (Å²) in [5.41, 5.74) is 0.248. The van der Waals surface area contributed by atoms with Crippen LogP contribution in [0.15, 0.2) is 18.2 Å². The molecule has 0 aromatic heterocycles. The first-order chi connectivity index (χ1) is 8.99. The fraction of sp³-hybridized carbons (Fsp3) is 0.417. The van der Waals surface area contributed by atoms with Gasteiger partial charge in [-0.3, -0.25) is 4.79 Å². The smallest absolute Gasteiger partial charge is 0.253 e. The van der Waals surface area contributed by atoms with Gasteiger partial charge in [-0.15, -0.1) is 0 Å². The fourth-order valence-corrected chi connectivity index (χ4v) is 2.32. The minimum absolute atomic E-state index is 0.0508. The van der Waals surface area contributed by atoms with Crippen molar-refractivity contribution in [2.24, 2.45) is 0 Å². The molecule has 1 aliphatic rings.